The fraction of sp³-hybridized carbons (Fsp3) is 0.235. The second-order valence-electron chi connectivity index (χ2n) is 4.24. The maximum atomic E-state index is 9.24. The van der Waals surface area contributed by atoms with Crippen LogP contribution in [0.5, 0.6) is 0 Å². The molecule has 0 saturated heterocycles. The topological polar surface area (TPSA) is 74.4 Å². The molecule has 4 heteroatoms. The van der Waals surface area contributed by atoms with E-state index in [9.17, 15) is 5.26 Å². The van der Waals surface area contributed by atoms with Gasteiger partial charge in [-0.25, -0.2) is 15.1 Å². The Morgan fingerprint density at radius 3 is 2.10 bits per heavy atom. The maximum Gasteiger partial charge on any atom is 0.164 e. The smallest absolute Gasteiger partial charge is 0.164 e. The standard InChI is InChI=1S/C17H16N4/c1-3-21(4-2)10-9-16(11-18)14-5-7-15(8-6-14)17(12-19)13-20/h5-10H,3-4H2,1-2H3. The Balaban J connectivity index is 3.08. The Hall–Kier alpha value is -3.03. The van der Waals surface area contributed by atoms with Gasteiger partial charge in [-0.15, -0.1) is 12.1 Å². The fourth-order valence-corrected chi connectivity index (χ4v) is 1.78. The summed E-state index contributed by atoms with van der Waals surface area (Å²) in [5.41, 5.74) is 1.87. The summed E-state index contributed by atoms with van der Waals surface area (Å²) < 4.78 is 2.09. The lowest BCUT2D eigenvalue weighted by molar-refractivity contribution is -0.515. The minimum Gasteiger partial charge on any atom is -0.237 e. The van der Waals surface area contributed by atoms with Crippen molar-refractivity contribution in [2.45, 2.75) is 13.8 Å². The van der Waals surface area contributed by atoms with Crippen LogP contribution in [-0.2, 0) is 0 Å². The van der Waals surface area contributed by atoms with Crippen molar-refractivity contribution in [3.05, 3.63) is 47.4 Å². The minimum absolute atomic E-state index is 0.0683. The van der Waals surface area contributed by atoms with E-state index in [0.29, 0.717) is 11.1 Å². The number of allylic oxidation sites excluding steroid dienone is 2. The summed E-state index contributed by atoms with van der Waals surface area (Å²) in [5, 5.41) is 26.9. The number of hydrogen-bond donors (Lipinski definition) is 0. The van der Waals surface area contributed by atoms with Crippen molar-refractivity contribution >= 4 is 11.8 Å². The molecular weight excluding hydrogens is 260 g/mol. The van der Waals surface area contributed by atoms with Gasteiger partial charge in [-0.2, -0.15) is 23.0 Å². The highest BCUT2D eigenvalue weighted by Gasteiger charge is 2.02. The zero-order valence-corrected chi connectivity index (χ0v) is 12.2. The lowest BCUT2D eigenvalue weighted by atomic mass is 9.98. The largest absolute Gasteiger partial charge is 0.237 e. The predicted octanol–water partition coefficient (Wildman–Crippen LogP) is 2.69. The van der Waals surface area contributed by atoms with Crippen LogP contribution < -0.4 is 0 Å². The average molecular weight is 276 g/mol. The summed E-state index contributed by atoms with van der Waals surface area (Å²) in [6.07, 6.45) is 3.68. The van der Waals surface area contributed by atoms with E-state index >= 15 is 0 Å². The third kappa shape index (κ3) is 4.23. The fourth-order valence-electron chi connectivity index (χ4n) is 1.78. The summed E-state index contributed by atoms with van der Waals surface area (Å²) in [7, 11) is 0. The highest BCUT2D eigenvalue weighted by Crippen LogP contribution is 2.18. The van der Waals surface area contributed by atoms with E-state index in [2.05, 4.69) is 24.5 Å². The number of rotatable bonds is 5. The third-order valence-corrected chi connectivity index (χ3v) is 3.09. The molecule has 0 fully saturated rings. The molecule has 0 aliphatic carbocycles. The molecule has 0 heterocycles. The predicted molar refractivity (Wildman–Crippen MR) is 81.0 cm³/mol. The molecule has 1 rings (SSSR count). The summed E-state index contributed by atoms with van der Waals surface area (Å²) >= 11 is 0. The Kier molecular flexibility index (Phi) is 6.26. The van der Waals surface area contributed by atoms with Gasteiger partial charge in [0.05, 0.1) is 11.6 Å². The Morgan fingerprint density at radius 1 is 1.10 bits per heavy atom. The van der Waals surface area contributed by atoms with Gasteiger partial charge in [0, 0.05) is 24.1 Å². The highest BCUT2D eigenvalue weighted by molar-refractivity contribution is 5.88. The van der Waals surface area contributed by atoms with Crippen molar-refractivity contribution in [2.24, 2.45) is 0 Å². The second kappa shape index (κ2) is 8.20. The Morgan fingerprint density at radius 2 is 1.67 bits per heavy atom. The zero-order valence-electron chi connectivity index (χ0n) is 12.2. The lowest BCUT2D eigenvalue weighted by Crippen LogP contribution is -2.10. The van der Waals surface area contributed by atoms with Crippen molar-refractivity contribution in [3.63, 3.8) is 0 Å². The number of nitrogens with zero attached hydrogens (tertiary/aromatic N) is 4. The summed E-state index contributed by atoms with van der Waals surface area (Å²) in [5.74, 6) is 0.0683. The van der Waals surface area contributed by atoms with Crippen LogP contribution in [0.3, 0.4) is 0 Å². The first-order valence-electron chi connectivity index (χ1n) is 6.67. The molecule has 21 heavy (non-hydrogen) atoms. The van der Waals surface area contributed by atoms with Gasteiger partial charge in [0.15, 0.2) is 6.21 Å². The number of hydrogen-bond acceptors (Lipinski definition) is 3. The molecule has 0 radical (unpaired) electrons. The van der Waals surface area contributed by atoms with Crippen molar-refractivity contribution in [2.75, 3.05) is 13.1 Å². The van der Waals surface area contributed by atoms with Gasteiger partial charge in [-0.1, -0.05) is 0 Å². The summed E-state index contributed by atoms with van der Waals surface area (Å²) in [4.78, 5) is 0. The van der Waals surface area contributed by atoms with Crippen LogP contribution in [0.4, 0.5) is 0 Å². The summed E-state index contributed by atoms with van der Waals surface area (Å²) in [6.45, 7) is 5.87. The van der Waals surface area contributed by atoms with E-state index < -0.39 is 0 Å². The minimum atomic E-state index is 0.0683. The van der Waals surface area contributed by atoms with Crippen LogP contribution in [0.1, 0.15) is 25.0 Å². The molecule has 1 aromatic carbocycles. The first-order chi connectivity index (χ1) is 10.2. The van der Waals surface area contributed by atoms with E-state index in [4.69, 9.17) is 10.5 Å². The lowest BCUT2D eigenvalue weighted by Gasteiger charge is -2.10. The molecule has 0 aliphatic heterocycles. The van der Waals surface area contributed by atoms with Crippen molar-refractivity contribution in [1.82, 2.24) is 0 Å². The SMILES string of the molecule is CC[N+](=CC=C(C#N)c1ccc([C-](C#N)C#N)cc1)CC. The van der Waals surface area contributed by atoms with Gasteiger partial charge in [-0.3, -0.25) is 0 Å². The molecule has 0 saturated carbocycles. The first kappa shape index (κ1) is 16.0. The molecule has 104 valence electrons. The molecule has 0 bridgehead atoms. The molecular formula is C17H16N4. The van der Waals surface area contributed by atoms with Crippen molar-refractivity contribution < 1.29 is 4.58 Å². The molecule has 4 nitrogen and oxygen atoms in total. The monoisotopic (exact) mass is 276 g/mol. The first-order valence-corrected chi connectivity index (χ1v) is 6.67. The van der Waals surface area contributed by atoms with Gasteiger partial charge in [-0.05, 0) is 19.4 Å². The van der Waals surface area contributed by atoms with Gasteiger partial charge in [0.25, 0.3) is 0 Å². The van der Waals surface area contributed by atoms with E-state index in [0.717, 1.165) is 18.7 Å². The van der Waals surface area contributed by atoms with Crippen molar-refractivity contribution in [3.8, 4) is 18.2 Å². The highest BCUT2D eigenvalue weighted by atomic mass is 15.0. The van der Waals surface area contributed by atoms with E-state index in [1.54, 1.807) is 30.3 Å². The van der Waals surface area contributed by atoms with Gasteiger partial charge in [0.1, 0.15) is 13.1 Å². The molecule has 0 atom stereocenters. The van der Waals surface area contributed by atoms with Gasteiger partial charge in [0.2, 0.25) is 0 Å². The van der Waals surface area contributed by atoms with Crippen LogP contribution in [0.15, 0.2) is 30.3 Å². The van der Waals surface area contributed by atoms with Crippen LogP contribution in [0, 0.1) is 39.9 Å². The Bertz CT molecular complexity index is 641. The average Bonchev–Trinajstić information content (AvgIpc) is 2.54. The maximum absolute atomic E-state index is 9.24. The van der Waals surface area contributed by atoms with E-state index in [1.165, 1.54) is 0 Å². The quantitative estimate of drug-likeness (QED) is 0.359. The Labute approximate surface area is 125 Å². The second-order valence-corrected chi connectivity index (χ2v) is 4.24. The molecule has 0 unspecified atom stereocenters. The number of benzene rings is 1. The molecule has 0 N–H and O–H groups in total. The third-order valence-electron chi connectivity index (χ3n) is 3.09. The molecule has 0 aromatic heterocycles. The van der Waals surface area contributed by atoms with Gasteiger partial charge < -0.3 is 0 Å². The zero-order chi connectivity index (χ0) is 15.7. The normalized spacial score (nSPS) is 9.95. The molecule has 1 aromatic rings. The van der Waals surface area contributed by atoms with Gasteiger partial charge >= 0.3 is 0 Å². The van der Waals surface area contributed by atoms with Crippen molar-refractivity contribution in [1.29, 1.82) is 15.8 Å². The van der Waals surface area contributed by atoms with Crippen LogP contribution in [0.25, 0.3) is 5.57 Å². The number of nitriles is 3. The van der Waals surface area contributed by atoms with Crippen LogP contribution in [0.2, 0.25) is 0 Å². The van der Waals surface area contributed by atoms with E-state index in [1.807, 2.05) is 18.4 Å². The van der Waals surface area contributed by atoms with Crippen LogP contribution >= 0.6 is 0 Å². The molecule has 0 amide bonds. The summed E-state index contributed by atoms with van der Waals surface area (Å²) in [6, 6.07) is 12.7. The van der Waals surface area contributed by atoms with Crippen LogP contribution in [-0.4, -0.2) is 23.9 Å². The molecule has 0 aliphatic rings. The van der Waals surface area contributed by atoms with E-state index in [-0.39, 0.29) is 5.92 Å². The molecule has 0 spiro atoms.